The zero-order chi connectivity index (χ0) is 12.5. The largest absolute Gasteiger partial charge is 0.401 e. The van der Waals surface area contributed by atoms with Crippen LogP contribution in [0.5, 0.6) is 0 Å². The molecule has 0 aromatic heterocycles. The molecule has 1 nitrogen and oxygen atoms in total. The van der Waals surface area contributed by atoms with Crippen LogP contribution < -0.4 is 5.32 Å². The van der Waals surface area contributed by atoms with E-state index in [1.54, 1.807) is 0 Å². The van der Waals surface area contributed by atoms with Gasteiger partial charge in [0.1, 0.15) is 0 Å². The number of rotatable bonds is 2. The maximum atomic E-state index is 12.1. The maximum Gasteiger partial charge on any atom is 0.401 e. The molecular weight excluding hydrogens is 330 g/mol. The number of halogens is 5. The Balaban J connectivity index is 0.00000162. The third-order valence-electron chi connectivity index (χ3n) is 2.99. The number of aryl methyl sites for hydroxylation is 1. The van der Waals surface area contributed by atoms with Gasteiger partial charge in [0, 0.05) is 10.5 Å². The Kier molecular flexibility index (Phi) is 5.49. The van der Waals surface area contributed by atoms with Crippen LogP contribution in [-0.4, -0.2) is 18.8 Å². The molecular formula is C12H14BrClF3N. The van der Waals surface area contributed by atoms with E-state index in [0.717, 1.165) is 22.9 Å². The molecule has 1 atom stereocenters. The van der Waals surface area contributed by atoms with Crippen molar-refractivity contribution in [3.8, 4) is 0 Å². The molecule has 1 aromatic carbocycles. The van der Waals surface area contributed by atoms with E-state index < -0.39 is 12.7 Å². The predicted molar refractivity (Wildman–Crippen MR) is 71.3 cm³/mol. The summed E-state index contributed by atoms with van der Waals surface area (Å²) >= 11 is 3.40. The molecule has 102 valence electrons. The Morgan fingerprint density at radius 1 is 1.28 bits per heavy atom. The SMILES string of the molecule is Cl.FC(F)(F)CNC1CCc2cc(Br)ccc2C1. The lowest BCUT2D eigenvalue weighted by Gasteiger charge is -2.26. The third-order valence-corrected chi connectivity index (χ3v) is 3.48. The molecule has 0 bridgehead atoms. The lowest BCUT2D eigenvalue weighted by atomic mass is 9.88. The predicted octanol–water partition coefficient (Wildman–Crippen LogP) is 3.88. The van der Waals surface area contributed by atoms with Crippen molar-refractivity contribution in [3.63, 3.8) is 0 Å². The fourth-order valence-electron chi connectivity index (χ4n) is 2.16. The van der Waals surface area contributed by atoms with Gasteiger partial charge >= 0.3 is 6.18 Å². The summed E-state index contributed by atoms with van der Waals surface area (Å²) in [6.45, 7) is -0.899. The molecule has 6 heteroatoms. The topological polar surface area (TPSA) is 12.0 Å². The molecule has 1 unspecified atom stereocenters. The van der Waals surface area contributed by atoms with E-state index in [1.165, 1.54) is 5.56 Å². The first-order valence-electron chi connectivity index (χ1n) is 5.51. The molecule has 0 saturated carbocycles. The van der Waals surface area contributed by atoms with E-state index in [9.17, 15) is 13.2 Å². The molecule has 18 heavy (non-hydrogen) atoms. The van der Waals surface area contributed by atoms with Gasteiger partial charge in [-0.1, -0.05) is 22.0 Å². The second-order valence-corrected chi connectivity index (χ2v) is 5.26. The molecule has 0 amide bonds. The first-order chi connectivity index (χ1) is 7.94. The van der Waals surface area contributed by atoms with Crippen LogP contribution >= 0.6 is 28.3 Å². The van der Waals surface area contributed by atoms with Crippen LogP contribution in [0.25, 0.3) is 0 Å². The Morgan fingerprint density at radius 3 is 2.67 bits per heavy atom. The van der Waals surface area contributed by atoms with E-state index in [-0.39, 0.29) is 18.4 Å². The number of fused-ring (bicyclic) bond motifs is 1. The molecule has 0 aliphatic heterocycles. The van der Waals surface area contributed by atoms with Crippen LogP contribution in [0.4, 0.5) is 13.2 Å². The van der Waals surface area contributed by atoms with Crippen LogP contribution in [0.2, 0.25) is 0 Å². The van der Waals surface area contributed by atoms with Crippen molar-refractivity contribution in [1.82, 2.24) is 5.32 Å². The van der Waals surface area contributed by atoms with Crippen molar-refractivity contribution in [2.24, 2.45) is 0 Å². The van der Waals surface area contributed by atoms with Gasteiger partial charge < -0.3 is 5.32 Å². The Hall–Kier alpha value is -0.260. The summed E-state index contributed by atoms with van der Waals surface area (Å²) in [4.78, 5) is 0. The number of nitrogens with one attached hydrogen (secondary N) is 1. The van der Waals surface area contributed by atoms with Crippen molar-refractivity contribution in [3.05, 3.63) is 33.8 Å². The first-order valence-corrected chi connectivity index (χ1v) is 6.31. The molecule has 0 heterocycles. The van der Waals surface area contributed by atoms with Gasteiger partial charge in [-0.2, -0.15) is 13.2 Å². The highest BCUT2D eigenvalue weighted by molar-refractivity contribution is 9.10. The monoisotopic (exact) mass is 343 g/mol. The van der Waals surface area contributed by atoms with E-state index >= 15 is 0 Å². The Morgan fingerprint density at radius 2 is 2.00 bits per heavy atom. The number of benzene rings is 1. The van der Waals surface area contributed by atoms with Gasteiger partial charge in [-0.15, -0.1) is 12.4 Å². The second-order valence-electron chi connectivity index (χ2n) is 4.35. The molecule has 0 spiro atoms. The van der Waals surface area contributed by atoms with Crippen molar-refractivity contribution in [2.75, 3.05) is 6.54 Å². The average molecular weight is 345 g/mol. The minimum absolute atomic E-state index is 0. The van der Waals surface area contributed by atoms with Crippen LogP contribution in [0, 0.1) is 0 Å². The highest BCUT2D eigenvalue weighted by Crippen LogP contribution is 2.25. The van der Waals surface area contributed by atoms with Crippen molar-refractivity contribution in [1.29, 1.82) is 0 Å². The lowest BCUT2D eigenvalue weighted by Crippen LogP contribution is -2.40. The molecule has 2 rings (SSSR count). The minimum Gasteiger partial charge on any atom is -0.306 e. The zero-order valence-corrected chi connectivity index (χ0v) is 12.0. The van der Waals surface area contributed by atoms with Crippen LogP contribution in [0.1, 0.15) is 17.5 Å². The van der Waals surface area contributed by atoms with Gasteiger partial charge in [0.2, 0.25) is 0 Å². The fraction of sp³-hybridized carbons (Fsp3) is 0.500. The summed E-state index contributed by atoms with van der Waals surface area (Å²) in [7, 11) is 0. The van der Waals surface area contributed by atoms with Crippen molar-refractivity contribution < 1.29 is 13.2 Å². The van der Waals surface area contributed by atoms with Gasteiger partial charge in [0.05, 0.1) is 6.54 Å². The summed E-state index contributed by atoms with van der Waals surface area (Å²) < 4.78 is 37.3. The zero-order valence-electron chi connectivity index (χ0n) is 9.56. The van der Waals surface area contributed by atoms with E-state index in [1.807, 2.05) is 12.1 Å². The Bertz CT molecular complexity index is 409. The third kappa shape index (κ3) is 4.44. The van der Waals surface area contributed by atoms with Gasteiger partial charge in [0.25, 0.3) is 0 Å². The van der Waals surface area contributed by atoms with E-state index in [0.29, 0.717) is 6.42 Å². The molecule has 0 fully saturated rings. The number of hydrogen-bond donors (Lipinski definition) is 1. The molecule has 1 aliphatic carbocycles. The standard InChI is InChI=1S/C12H13BrF3N.ClH/c13-10-3-1-9-6-11(4-2-8(9)5-10)17-7-12(14,15)16;/h1,3,5,11,17H,2,4,6-7H2;1H. The van der Waals surface area contributed by atoms with Crippen molar-refractivity contribution >= 4 is 28.3 Å². The summed E-state index contributed by atoms with van der Waals surface area (Å²) in [5, 5.41) is 2.58. The second kappa shape index (κ2) is 6.26. The summed E-state index contributed by atoms with van der Waals surface area (Å²) in [5.41, 5.74) is 2.39. The molecule has 1 N–H and O–H groups in total. The van der Waals surface area contributed by atoms with E-state index in [4.69, 9.17) is 0 Å². The Labute approximate surface area is 119 Å². The molecule has 0 saturated heterocycles. The minimum atomic E-state index is -4.13. The molecule has 0 radical (unpaired) electrons. The van der Waals surface area contributed by atoms with Gasteiger partial charge in [-0.25, -0.2) is 0 Å². The smallest absolute Gasteiger partial charge is 0.306 e. The highest BCUT2D eigenvalue weighted by Gasteiger charge is 2.29. The van der Waals surface area contributed by atoms with Gasteiger partial charge in [-0.3, -0.25) is 0 Å². The van der Waals surface area contributed by atoms with Gasteiger partial charge in [0.15, 0.2) is 0 Å². The number of hydrogen-bond acceptors (Lipinski definition) is 1. The van der Waals surface area contributed by atoms with Gasteiger partial charge in [-0.05, 0) is 42.5 Å². The quantitative estimate of drug-likeness (QED) is 0.858. The molecule has 1 aromatic rings. The average Bonchev–Trinajstić information content (AvgIpc) is 2.25. The summed E-state index contributed by atoms with van der Waals surface area (Å²) in [6.07, 6.45) is -1.84. The lowest BCUT2D eigenvalue weighted by molar-refractivity contribution is -0.126. The molecule has 1 aliphatic rings. The normalized spacial score (nSPS) is 19.0. The number of alkyl halides is 3. The first kappa shape index (κ1) is 15.8. The fourth-order valence-corrected chi connectivity index (χ4v) is 2.57. The van der Waals surface area contributed by atoms with Crippen LogP contribution in [-0.2, 0) is 12.8 Å². The van der Waals surface area contributed by atoms with Crippen molar-refractivity contribution in [2.45, 2.75) is 31.5 Å². The summed E-state index contributed by atoms with van der Waals surface area (Å²) in [5.74, 6) is 0. The van der Waals surface area contributed by atoms with Crippen LogP contribution in [0.3, 0.4) is 0 Å². The summed E-state index contributed by atoms with van der Waals surface area (Å²) in [6, 6.07) is 5.91. The van der Waals surface area contributed by atoms with E-state index in [2.05, 4.69) is 27.3 Å². The highest BCUT2D eigenvalue weighted by atomic mass is 79.9. The maximum absolute atomic E-state index is 12.1. The van der Waals surface area contributed by atoms with Crippen LogP contribution in [0.15, 0.2) is 22.7 Å².